The summed E-state index contributed by atoms with van der Waals surface area (Å²) >= 11 is 0.772. The fourth-order valence-corrected chi connectivity index (χ4v) is 4.13. The number of amides is 3. The van der Waals surface area contributed by atoms with E-state index in [1.54, 1.807) is 24.3 Å². The summed E-state index contributed by atoms with van der Waals surface area (Å²) in [6.07, 6.45) is 1.64. The number of phenolic OH excluding ortho intramolecular Hbond substituents is 2. The van der Waals surface area contributed by atoms with E-state index < -0.39 is 11.1 Å². The number of phenols is 2. The largest absolute Gasteiger partial charge is 0.504 e. The van der Waals surface area contributed by atoms with Crippen LogP contribution >= 0.6 is 11.8 Å². The Morgan fingerprint density at radius 2 is 1.64 bits per heavy atom. The average Bonchev–Trinajstić information content (AvgIpc) is 3.06. The van der Waals surface area contributed by atoms with Crippen LogP contribution in [0.25, 0.3) is 6.08 Å². The number of hydrogen-bond acceptors (Lipinski definition) is 6. The molecule has 8 heteroatoms. The lowest BCUT2D eigenvalue weighted by Crippen LogP contribution is -2.27. The van der Waals surface area contributed by atoms with Crippen LogP contribution in [0.2, 0.25) is 0 Å². The summed E-state index contributed by atoms with van der Waals surface area (Å²) in [4.78, 5) is 38.6. The molecule has 3 aromatic carbocycles. The van der Waals surface area contributed by atoms with E-state index in [2.05, 4.69) is 5.32 Å². The molecule has 1 fully saturated rings. The number of benzene rings is 3. The Morgan fingerprint density at radius 3 is 2.36 bits per heavy atom. The van der Waals surface area contributed by atoms with Gasteiger partial charge in [-0.05, 0) is 47.2 Å². The van der Waals surface area contributed by atoms with E-state index in [4.69, 9.17) is 0 Å². The summed E-state index contributed by atoms with van der Waals surface area (Å²) in [6, 6.07) is 20.7. The standard InChI is InChI=1S/C25H20N2O5S/c28-20-8-4-7-18(23(20)30)14-21-24(31)27(25(32)33-21)15-17-9-11-19(12-10-17)26-22(29)13-16-5-2-1-3-6-16/h1-12,14,28,30H,13,15H2,(H,26,29). The number of para-hydroxylation sites is 1. The third-order valence-electron chi connectivity index (χ3n) is 4.99. The molecular formula is C25H20N2O5S. The lowest BCUT2D eigenvalue weighted by atomic mass is 10.1. The second-order valence-electron chi connectivity index (χ2n) is 7.39. The summed E-state index contributed by atoms with van der Waals surface area (Å²) in [5, 5.41) is 22.0. The zero-order chi connectivity index (χ0) is 23.4. The number of imide groups is 1. The highest BCUT2D eigenvalue weighted by atomic mass is 32.2. The van der Waals surface area contributed by atoms with E-state index in [9.17, 15) is 24.6 Å². The normalized spacial score (nSPS) is 14.7. The fourth-order valence-electron chi connectivity index (χ4n) is 3.31. The lowest BCUT2D eigenvalue weighted by Gasteiger charge is -2.13. The number of hydrogen-bond donors (Lipinski definition) is 3. The van der Waals surface area contributed by atoms with Crippen LogP contribution in [0.1, 0.15) is 16.7 Å². The number of anilines is 1. The Bertz CT molecular complexity index is 1240. The molecule has 3 amide bonds. The lowest BCUT2D eigenvalue weighted by molar-refractivity contribution is -0.123. The molecular weight excluding hydrogens is 440 g/mol. The molecule has 33 heavy (non-hydrogen) atoms. The molecule has 1 aliphatic rings. The van der Waals surface area contributed by atoms with E-state index >= 15 is 0 Å². The van der Waals surface area contributed by atoms with Gasteiger partial charge in [0.1, 0.15) is 0 Å². The zero-order valence-corrected chi connectivity index (χ0v) is 18.2. The molecule has 3 aromatic rings. The first kappa shape index (κ1) is 22.2. The van der Waals surface area contributed by atoms with E-state index in [1.165, 1.54) is 24.3 Å². The zero-order valence-electron chi connectivity index (χ0n) is 17.4. The highest BCUT2D eigenvalue weighted by Crippen LogP contribution is 2.36. The van der Waals surface area contributed by atoms with Crippen molar-refractivity contribution in [3.63, 3.8) is 0 Å². The second kappa shape index (κ2) is 9.62. The molecule has 0 saturated carbocycles. The van der Waals surface area contributed by atoms with Gasteiger partial charge in [0.15, 0.2) is 11.5 Å². The van der Waals surface area contributed by atoms with Crippen LogP contribution in [0.4, 0.5) is 10.5 Å². The second-order valence-corrected chi connectivity index (χ2v) is 8.38. The van der Waals surface area contributed by atoms with Gasteiger partial charge < -0.3 is 15.5 Å². The molecule has 1 aliphatic heterocycles. The molecule has 0 atom stereocenters. The molecule has 0 aliphatic carbocycles. The van der Waals surface area contributed by atoms with Crippen LogP contribution in [0.3, 0.4) is 0 Å². The van der Waals surface area contributed by atoms with Crippen LogP contribution in [-0.2, 0) is 22.6 Å². The van der Waals surface area contributed by atoms with Gasteiger partial charge in [0.05, 0.1) is 17.9 Å². The predicted octanol–water partition coefficient (Wildman–Crippen LogP) is 4.52. The van der Waals surface area contributed by atoms with Gasteiger partial charge in [-0.1, -0.05) is 54.6 Å². The molecule has 1 heterocycles. The van der Waals surface area contributed by atoms with Crippen molar-refractivity contribution in [2.45, 2.75) is 13.0 Å². The van der Waals surface area contributed by atoms with Crippen molar-refractivity contribution in [1.29, 1.82) is 0 Å². The molecule has 0 radical (unpaired) electrons. The smallest absolute Gasteiger partial charge is 0.293 e. The van der Waals surface area contributed by atoms with Crippen molar-refractivity contribution in [2.24, 2.45) is 0 Å². The minimum Gasteiger partial charge on any atom is -0.504 e. The molecule has 0 spiro atoms. The number of nitrogens with zero attached hydrogens (tertiary/aromatic N) is 1. The van der Waals surface area contributed by atoms with E-state index in [0.29, 0.717) is 5.69 Å². The molecule has 3 N–H and O–H groups in total. The van der Waals surface area contributed by atoms with Crippen LogP contribution in [-0.4, -0.2) is 32.2 Å². The maximum absolute atomic E-state index is 12.7. The Hall–Kier alpha value is -4.04. The molecule has 0 aromatic heterocycles. The molecule has 7 nitrogen and oxygen atoms in total. The summed E-state index contributed by atoms with van der Waals surface area (Å²) in [7, 11) is 0. The highest BCUT2D eigenvalue weighted by Gasteiger charge is 2.35. The van der Waals surface area contributed by atoms with Gasteiger partial charge in [-0.15, -0.1) is 0 Å². The topological polar surface area (TPSA) is 107 Å². The molecule has 166 valence electrons. The van der Waals surface area contributed by atoms with Crippen molar-refractivity contribution in [2.75, 3.05) is 5.32 Å². The summed E-state index contributed by atoms with van der Waals surface area (Å²) in [5.41, 5.74) is 2.50. The van der Waals surface area contributed by atoms with Gasteiger partial charge in [-0.3, -0.25) is 19.3 Å². The van der Waals surface area contributed by atoms with Gasteiger partial charge in [0, 0.05) is 11.3 Å². The summed E-state index contributed by atoms with van der Waals surface area (Å²) in [6.45, 7) is 0.0757. The molecule has 1 saturated heterocycles. The molecule has 0 bridgehead atoms. The van der Waals surface area contributed by atoms with Gasteiger partial charge >= 0.3 is 0 Å². The van der Waals surface area contributed by atoms with Gasteiger partial charge in [0.25, 0.3) is 11.1 Å². The van der Waals surface area contributed by atoms with Gasteiger partial charge in [-0.25, -0.2) is 0 Å². The molecule has 4 rings (SSSR count). The van der Waals surface area contributed by atoms with Gasteiger partial charge in [0.2, 0.25) is 5.91 Å². The monoisotopic (exact) mass is 460 g/mol. The maximum atomic E-state index is 12.7. The number of carbonyl (C=O) groups excluding carboxylic acids is 3. The van der Waals surface area contributed by atoms with E-state index in [0.717, 1.165) is 27.8 Å². The quantitative estimate of drug-likeness (QED) is 0.369. The van der Waals surface area contributed by atoms with E-state index in [1.807, 2.05) is 30.3 Å². The SMILES string of the molecule is O=C(Cc1ccccc1)Nc1ccc(CN2C(=O)SC(=Cc3cccc(O)c3O)C2=O)cc1. The predicted molar refractivity (Wildman–Crippen MR) is 127 cm³/mol. The first-order valence-corrected chi connectivity index (χ1v) is 10.9. The number of nitrogens with one attached hydrogen (secondary N) is 1. The highest BCUT2D eigenvalue weighted by molar-refractivity contribution is 8.18. The Balaban J connectivity index is 1.40. The minimum absolute atomic E-state index is 0.0757. The van der Waals surface area contributed by atoms with Crippen molar-refractivity contribution < 1.29 is 24.6 Å². The van der Waals surface area contributed by atoms with Crippen molar-refractivity contribution in [1.82, 2.24) is 4.90 Å². The van der Waals surface area contributed by atoms with Crippen molar-refractivity contribution >= 4 is 40.6 Å². The van der Waals surface area contributed by atoms with E-state index in [-0.39, 0.29) is 40.8 Å². The molecule has 0 unspecified atom stereocenters. The maximum Gasteiger partial charge on any atom is 0.293 e. The third-order valence-corrected chi connectivity index (χ3v) is 5.90. The van der Waals surface area contributed by atoms with Crippen LogP contribution in [0.15, 0.2) is 77.7 Å². The Labute approximate surface area is 194 Å². The third kappa shape index (κ3) is 5.24. The Morgan fingerprint density at radius 1 is 0.909 bits per heavy atom. The van der Waals surface area contributed by atoms with Crippen LogP contribution in [0, 0.1) is 0 Å². The van der Waals surface area contributed by atoms with Crippen LogP contribution < -0.4 is 5.32 Å². The number of thioether (sulfide) groups is 1. The summed E-state index contributed by atoms with van der Waals surface area (Å²) in [5.74, 6) is -1.28. The summed E-state index contributed by atoms with van der Waals surface area (Å²) < 4.78 is 0. The number of carbonyl (C=O) groups is 3. The van der Waals surface area contributed by atoms with Gasteiger partial charge in [-0.2, -0.15) is 0 Å². The minimum atomic E-state index is -0.479. The average molecular weight is 461 g/mol. The van der Waals surface area contributed by atoms with Crippen molar-refractivity contribution in [3.8, 4) is 11.5 Å². The Kier molecular flexibility index (Phi) is 6.46. The number of aromatic hydroxyl groups is 2. The van der Waals surface area contributed by atoms with Crippen LogP contribution in [0.5, 0.6) is 11.5 Å². The first-order chi connectivity index (χ1) is 15.9. The fraction of sp³-hybridized carbons (Fsp3) is 0.0800. The number of rotatable bonds is 6. The van der Waals surface area contributed by atoms with Crippen molar-refractivity contribution in [3.05, 3.63) is 94.4 Å². The first-order valence-electron chi connectivity index (χ1n) is 10.1.